The number of ketones is 1. The Hall–Kier alpha value is -3.01. The highest BCUT2D eigenvalue weighted by Gasteiger charge is 2.70. The van der Waals surface area contributed by atoms with Crippen LogP contribution in [0.25, 0.3) is 0 Å². The SMILES string of the molecule is CC(C)C1=C2[C@H]3CC[C@@H]4[C@@]5(C)CC[C@H](OC(=O)[C@H]6C[C@@H](C(=O)O)C6(C)C)C(C)(C)[C@@H]5CC[C@@]4(C)[C@]3(C)CC[C@@]2(CCNC(=O)c2ccc(S(C)(=O)=O)cc2)CC1=O. The molecule has 10 heteroatoms. The molecule has 2 N–H and O–H groups in total. The van der Waals surface area contributed by atoms with E-state index in [1.807, 2.05) is 13.8 Å². The van der Waals surface area contributed by atoms with Crippen molar-refractivity contribution in [2.75, 3.05) is 12.8 Å². The molecule has 0 aliphatic heterocycles. The Labute approximate surface area is 340 Å². The first-order valence-electron chi connectivity index (χ1n) is 21.6. The molecule has 7 rings (SSSR count). The highest BCUT2D eigenvalue weighted by molar-refractivity contribution is 7.90. The molecule has 1 aromatic rings. The van der Waals surface area contributed by atoms with Crippen molar-refractivity contribution < 1.29 is 37.4 Å². The summed E-state index contributed by atoms with van der Waals surface area (Å²) in [6, 6.07) is 6.05. The maximum absolute atomic E-state index is 14.1. The number of carboxylic acid groups (broad SMARTS) is 1. The van der Waals surface area contributed by atoms with Gasteiger partial charge < -0.3 is 15.2 Å². The standard InChI is InChI=1S/C47H67NO8S/c1-27(2)37-33(49)26-47(23-24-48-39(50)28-11-13-29(14-12-28)57(10,54)55)22-21-45(8)30(38(37)47)15-16-35-44(7)19-18-36(43(5,6)34(44)17-20-46(35,45)9)56-41(53)32-25-31(40(51)52)42(32,3)4/h11-14,27,30-32,34-36H,15-26H2,1-10H3,(H,48,50)(H,51,52)/t30-,31+,32-,34+,35-,36+,44+,45-,46-,47-/m1/s1. The quantitative estimate of drug-likeness (QED) is 0.236. The number of rotatable bonds is 9. The Morgan fingerprint density at radius 3 is 2.11 bits per heavy atom. The summed E-state index contributed by atoms with van der Waals surface area (Å²) in [6.07, 6.45) is 10.5. The first-order chi connectivity index (χ1) is 26.3. The number of ether oxygens (including phenoxy) is 1. The normalized spacial score (nSPS) is 39.2. The van der Waals surface area contributed by atoms with Crippen LogP contribution in [-0.4, -0.2) is 56.1 Å². The third kappa shape index (κ3) is 6.29. The van der Waals surface area contributed by atoms with Gasteiger partial charge in [-0.05, 0) is 139 Å². The molecule has 0 bridgehead atoms. The van der Waals surface area contributed by atoms with Crippen LogP contribution in [-0.2, 0) is 29.0 Å². The van der Waals surface area contributed by atoms with Crippen molar-refractivity contribution in [3.05, 3.63) is 41.0 Å². The Balaban J connectivity index is 1.10. The van der Waals surface area contributed by atoms with E-state index in [9.17, 15) is 32.7 Å². The molecule has 57 heavy (non-hydrogen) atoms. The van der Waals surface area contributed by atoms with Crippen molar-refractivity contribution in [1.82, 2.24) is 5.32 Å². The van der Waals surface area contributed by atoms with E-state index >= 15 is 0 Å². The lowest BCUT2D eigenvalue weighted by molar-refractivity contribution is -0.236. The van der Waals surface area contributed by atoms with Crippen LogP contribution in [0.5, 0.6) is 0 Å². The second-order valence-corrected chi connectivity index (χ2v) is 23.6. The fourth-order valence-electron chi connectivity index (χ4n) is 14.6. The first kappa shape index (κ1) is 42.1. The minimum atomic E-state index is -3.36. The molecule has 0 aromatic heterocycles. The van der Waals surface area contributed by atoms with Gasteiger partial charge in [0.15, 0.2) is 15.6 Å². The lowest BCUT2D eigenvalue weighted by atomic mass is 9.33. The van der Waals surface area contributed by atoms with E-state index in [1.54, 1.807) is 12.1 Å². The topological polar surface area (TPSA) is 144 Å². The third-order valence-corrected chi connectivity index (χ3v) is 19.2. The average molecular weight is 806 g/mol. The molecule has 0 heterocycles. The maximum atomic E-state index is 14.1. The number of nitrogens with one attached hydrogen (secondary N) is 1. The van der Waals surface area contributed by atoms with Gasteiger partial charge in [-0.1, -0.05) is 67.9 Å². The van der Waals surface area contributed by atoms with Crippen LogP contribution in [0.3, 0.4) is 0 Å². The summed E-state index contributed by atoms with van der Waals surface area (Å²) < 4.78 is 30.3. The monoisotopic (exact) mass is 805 g/mol. The Morgan fingerprint density at radius 1 is 0.842 bits per heavy atom. The summed E-state index contributed by atoms with van der Waals surface area (Å²) in [4.78, 5) is 52.9. The minimum absolute atomic E-state index is 0.00203. The number of carbonyl (C=O) groups excluding carboxylic acids is 3. The molecule has 1 amide bonds. The maximum Gasteiger partial charge on any atom is 0.309 e. The Kier molecular flexibility index (Phi) is 10.2. The molecule has 10 atom stereocenters. The lowest BCUT2D eigenvalue weighted by Gasteiger charge is -2.72. The number of amides is 1. The number of hydrogen-bond acceptors (Lipinski definition) is 7. The van der Waals surface area contributed by atoms with Crippen LogP contribution < -0.4 is 5.32 Å². The number of carbonyl (C=O) groups is 4. The van der Waals surface area contributed by atoms with Gasteiger partial charge in [0.05, 0.1) is 16.7 Å². The van der Waals surface area contributed by atoms with Gasteiger partial charge >= 0.3 is 11.9 Å². The van der Waals surface area contributed by atoms with Gasteiger partial charge in [-0.15, -0.1) is 0 Å². The number of Topliss-reactive ketones (excluding diaryl/α,β-unsaturated/α-hetero) is 1. The van der Waals surface area contributed by atoms with Crippen LogP contribution >= 0.6 is 0 Å². The number of allylic oxidation sites excluding steroid dienone is 2. The van der Waals surface area contributed by atoms with Crippen molar-refractivity contribution in [2.24, 2.45) is 68.0 Å². The molecule has 5 fully saturated rings. The number of sulfone groups is 1. The third-order valence-electron chi connectivity index (χ3n) is 18.1. The van der Waals surface area contributed by atoms with Gasteiger partial charge in [0.1, 0.15) is 6.10 Å². The molecule has 0 spiro atoms. The van der Waals surface area contributed by atoms with E-state index in [4.69, 9.17) is 4.74 Å². The van der Waals surface area contributed by atoms with Crippen LogP contribution in [0.1, 0.15) is 143 Å². The van der Waals surface area contributed by atoms with Crippen LogP contribution in [0.4, 0.5) is 0 Å². The van der Waals surface area contributed by atoms with Crippen LogP contribution in [0.15, 0.2) is 40.3 Å². The van der Waals surface area contributed by atoms with E-state index < -0.39 is 33.1 Å². The van der Waals surface area contributed by atoms with E-state index in [0.717, 1.165) is 63.2 Å². The molecule has 314 valence electrons. The van der Waals surface area contributed by atoms with Crippen molar-refractivity contribution in [1.29, 1.82) is 0 Å². The molecule has 0 saturated heterocycles. The van der Waals surface area contributed by atoms with E-state index in [0.29, 0.717) is 49.1 Å². The molecule has 0 radical (unpaired) electrons. The second-order valence-electron chi connectivity index (χ2n) is 21.6. The summed E-state index contributed by atoms with van der Waals surface area (Å²) >= 11 is 0. The van der Waals surface area contributed by atoms with Crippen LogP contribution in [0.2, 0.25) is 0 Å². The second kappa shape index (κ2) is 13.8. The average Bonchev–Trinajstić information content (AvgIpc) is 3.41. The summed E-state index contributed by atoms with van der Waals surface area (Å²) in [5, 5.41) is 12.8. The molecule has 6 aliphatic rings. The van der Waals surface area contributed by atoms with Gasteiger partial charge in [0.2, 0.25) is 0 Å². The van der Waals surface area contributed by atoms with Gasteiger partial charge in [-0.3, -0.25) is 19.2 Å². The van der Waals surface area contributed by atoms with Gasteiger partial charge in [0.25, 0.3) is 5.91 Å². The van der Waals surface area contributed by atoms with Gasteiger partial charge in [0, 0.05) is 35.6 Å². The fourth-order valence-corrected chi connectivity index (χ4v) is 15.2. The highest BCUT2D eigenvalue weighted by Crippen LogP contribution is 2.77. The zero-order chi connectivity index (χ0) is 41.9. The molecular weight excluding hydrogens is 739 g/mol. The van der Waals surface area contributed by atoms with E-state index in [-0.39, 0.29) is 61.7 Å². The number of hydrogen-bond donors (Lipinski definition) is 2. The number of benzene rings is 1. The molecule has 1 aromatic carbocycles. The Bertz CT molecular complexity index is 2000. The highest BCUT2D eigenvalue weighted by atomic mass is 32.2. The Morgan fingerprint density at radius 2 is 1.51 bits per heavy atom. The van der Waals surface area contributed by atoms with Crippen molar-refractivity contribution in [2.45, 2.75) is 144 Å². The number of esters is 1. The number of fused-ring (bicyclic) bond motifs is 7. The van der Waals surface area contributed by atoms with Gasteiger partial charge in [-0.25, -0.2) is 8.42 Å². The van der Waals surface area contributed by atoms with Crippen molar-refractivity contribution >= 4 is 33.5 Å². The predicted molar refractivity (Wildman–Crippen MR) is 219 cm³/mol. The van der Waals surface area contributed by atoms with E-state index in [2.05, 4.69) is 53.8 Å². The lowest BCUT2D eigenvalue weighted by Crippen LogP contribution is -2.66. The van der Waals surface area contributed by atoms with E-state index in [1.165, 1.54) is 17.7 Å². The molecule has 5 saturated carbocycles. The summed E-state index contributed by atoms with van der Waals surface area (Å²) in [7, 11) is -3.36. The largest absolute Gasteiger partial charge is 0.481 e. The predicted octanol–water partition coefficient (Wildman–Crippen LogP) is 8.85. The van der Waals surface area contributed by atoms with Gasteiger partial charge in [-0.2, -0.15) is 0 Å². The summed E-state index contributed by atoms with van der Waals surface area (Å²) in [5.74, 6) is -0.674. The molecule has 0 unspecified atom stereocenters. The zero-order valence-electron chi connectivity index (χ0n) is 36.0. The smallest absolute Gasteiger partial charge is 0.309 e. The fraction of sp³-hybridized carbons (Fsp3) is 0.745. The number of carboxylic acids is 1. The minimum Gasteiger partial charge on any atom is -0.481 e. The van der Waals surface area contributed by atoms with Crippen molar-refractivity contribution in [3.63, 3.8) is 0 Å². The molecule has 6 aliphatic carbocycles. The first-order valence-corrected chi connectivity index (χ1v) is 23.5. The summed E-state index contributed by atoms with van der Waals surface area (Å²) in [6.45, 7) is 20.8. The van der Waals surface area contributed by atoms with Crippen molar-refractivity contribution in [3.8, 4) is 0 Å². The number of aliphatic carboxylic acids is 1. The molecule has 9 nitrogen and oxygen atoms in total. The zero-order valence-corrected chi connectivity index (χ0v) is 36.9. The van der Waals surface area contributed by atoms with Crippen LogP contribution in [0, 0.1) is 68.0 Å². The molecular formula is C47H67NO8S. The summed E-state index contributed by atoms with van der Waals surface area (Å²) in [5.41, 5.74) is 1.84.